The van der Waals surface area contributed by atoms with Crippen molar-refractivity contribution in [3.8, 4) is 0 Å². The van der Waals surface area contributed by atoms with Gasteiger partial charge in [-0.05, 0) is 43.9 Å². The van der Waals surface area contributed by atoms with Crippen LogP contribution in [0.15, 0.2) is 0 Å². The Morgan fingerprint density at radius 1 is 1.50 bits per heavy atom. The van der Waals surface area contributed by atoms with Crippen LogP contribution in [0.1, 0.15) is 33.1 Å². The predicted octanol–water partition coefficient (Wildman–Crippen LogP) is 1.44. The first-order valence-corrected chi connectivity index (χ1v) is 8.52. The van der Waals surface area contributed by atoms with Crippen LogP contribution in [-0.4, -0.2) is 42.0 Å². The third-order valence-electron chi connectivity index (χ3n) is 4.89. The van der Waals surface area contributed by atoms with Crippen LogP contribution in [0, 0.1) is 23.2 Å². The Bertz CT molecular complexity index is 561. The first-order valence-electron chi connectivity index (χ1n) is 7.08. The molecule has 128 valence electrons. The Morgan fingerprint density at radius 2 is 2.09 bits per heavy atom. The van der Waals surface area contributed by atoms with E-state index in [1.165, 1.54) is 0 Å². The van der Waals surface area contributed by atoms with E-state index in [-0.39, 0.29) is 18.4 Å². The summed E-state index contributed by atoms with van der Waals surface area (Å²) in [4.78, 5) is 11.2. The SMILES string of the molecule is CC(O)CC1CC2CC(C)(COC(=O)C(F)(F)S(=O)(=O)O)C12. The molecule has 0 aromatic carbocycles. The minimum Gasteiger partial charge on any atom is -0.460 e. The second-order valence-electron chi connectivity index (χ2n) is 6.79. The number of ether oxygens (including phenoxy) is 1. The number of hydrogen-bond acceptors (Lipinski definition) is 5. The molecule has 2 rings (SSSR count). The Hall–Kier alpha value is -0.800. The van der Waals surface area contributed by atoms with E-state index in [0.717, 1.165) is 6.42 Å². The lowest BCUT2D eigenvalue weighted by Gasteiger charge is -2.64. The highest BCUT2D eigenvalue weighted by Crippen LogP contribution is 2.65. The van der Waals surface area contributed by atoms with Gasteiger partial charge in [-0.25, -0.2) is 4.79 Å². The third kappa shape index (κ3) is 2.85. The monoisotopic (exact) mass is 342 g/mol. The summed E-state index contributed by atoms with van der Waals surface area (Å²) in [6.45, 7) is 3.14. The largest absolute Gasteiger partial charge is 0.465 e. The molecule has 2 aliphatic rings. The van der Waals surface area contributed by atoms with Crippen molar-refractivity contribution in [3.63, 3.8) is 0 Å². The molecule has 9 heteroatoms. The second-order valence-corrected chi connectivity index (χ2v) is 8.26. The molecule has 0 aliphatic heterocycles. The van der Waals surface area contributed by atoms with Crippen molar-refractivity contribution < 1.29 is 36.4 Å². The van der Waals surface area contributed by atoms with Gasteiger partial charge >= 0.3 is 21.3 Å². The minimum absolute atomic E-state index is 0.175. The molecule has 5 unspecified atom stereocenters. The molecule has 2 fully saturated rings. The molecule has 0 heterocycles. The number of rotatable bonds is 6. The molecule has 2 aliphatic carbocycles. The molecule has 5 atom stereocenters. The maximum absolute atomic E-state index is 13.1. The van der Waals surface area contributed by atoms with E-state index in [4.69, 9.17) is 4.55 Å². The Balaban J connectivity index is 1.93. The summed E-state index contributed by atoms with van der Waals surface area (Å²) < 4.78 is 60.0. The van der Waals surface area contributed by atoms with Gasteiger partial charge in [0.1, 0.15) is 0 Å². The number of aliphatic hydroxyl groups excluding tert-OH is 1. The quantitative estimate of drug-likeness (QED) is 0.560. The van der Waals surface area contributed by atoms with Gasteiger partial charge in [0.15, 0.2) is 0 Å². The lowest BCUT2D eigenvalue weighted by atomic mass is 9.41. The molecule has 6 nitrogen and oxygen atoms in total. The molecule has 0 aromatic rings. The van der Waals surface area contributed by atoms with E-state index in [2.05, 4.69) is 4.74 Å². The number of esters is 1. The van der Waals surface area contributed by atoms with Gasteiger partial charge < -0.3 is 9.84 Å². The molecule has 0 radical (unpaired) electrons. The summed E-state index contributed by atoms with van der Waals surface area (Å²) in [6.07, 6.45) is 1.81. The van der Waals surface area contributed by atoms with Crippen LogP contribution in [0.25, 0.3) is 0 Å². The summed E-state index contributed by atoms with van der Waals surface area (Å²) in [7, 11) is -5.84. The van der Waals surface area contributed by atoms with Crippen LogP contribution in [0.3, 0.4) is 0 Å². The Kier molecular flexibility index (Phi) is 4.29. The highest BCUT2D eigenvalue weighted by atomic mass is 32.2. The van der Waals surface area contributed by atoms with Crippen molar-refractivity contribution >= 4 is 16.1 Å². The van der Waals surface area contributed by atoms with Crippen molar-refractivity contribution in [1.29, 1.82) is 0 Å². The Labute approximate surface area is 127 Å². The van der Waals surface area contributed by atoms with E-state index >= 15 is 0 Å². The van der Waals surface area contributed by atoms with Crippen LogP contribution >= 0.6 is 0 Å². The molecule has 0 saturated heterocycles. The van der Waals surface area contributed by atoms with E-state index < -0.39 is 32.9 Å². The fourth-order valence-corrected chi connectivity index (χ4v) is 4.32. The molecule has 22 heavy (non-hydrogen) atoms. The van der Waals surface area contributed by atoms with Crippen molar-refractivity contribution in [1.82, 2.24) is 0 Å². The van der Waals surface area contributed by atoms with Crippen LogP contribution in [0.4, 0.5) is 8.78 Å². The van der Waals surface area contributed by atoms with E-state index in [0.29, 0.717) is 18.8 Å². The molecule has 0 spiro atoms. The van der Waals surface area contributed by atoms with Crippen molar-refractivity contribution in [2.75, 3.05) is 6.61 Å². The van der Waals surface area contributed by atoms with Gasteiger partial charge in [0.25, 0.3) is 0 Å². The minimum atomic E-state index is -5.84. The van der Waals surface area contributed by atoms with Gasteiger partial charge in [-0.15, -0.1) is 0 Å². The molecular weight excluding hydrogens is 322 g/mol. The molecule has 0 aromatic heterocycles. The maximum atomic E-state index is 13.1. The summed E-state index contributed by atoms with van der Waals surface area (Å²) >= 11 is 0. The van der Waals surface area contributed by atoms with Crippen LogP contribution in [0.2, 0.25) is 0 Å². The average molecular weight is 342 g/mol. The van der Waals surface area contributed by atoms with E-state index in [1.807, 2.05) is 0 Å². The van der Waals surface area contributed by atoms with Crippen LogP contribution in [0.5, 0.6) is 0 Å². The molecule has 0 bridgehead atoms. The normalized spacial score (nSPS) is 35.8. The van der Waals surface area contributed by atoms with Crippen molar-refractivity contribution in [2.24, 2.45) is 23.2 Å². The van der Waals surface area contributed by atoms with Gasteiger partial charge in [-0.3, -0.25) is 4.55 Å². The highest BCUT2D eigenvalue weighted by molar-refractivity contribution is 7.87. The fourth-order valence-electron chi connectivity index (χ4n) is 4.05. The molecule has 2 saturated carbocycles. The number of alkyl halides is 2. The zero-order chi connectivity index (χ0) is 16.9. The first kappa shape index (κ1) is 17.6. The molecule has 2 N–H and O–H groups in total. The van der Waals surface area contributed by atoms with Crippen LogP contribution in [-0.2, 0) is 19.6 Å². The summed E-state index contributed by atoms with van der Waals surface area (Å²) in [6, 6.07) is 0. The predicted molar refractivity (Wildman–Crippen MR) is 71.6 cm³/mol. The van der Waals surface area contributed by atoms with Gasteiger partial charge in [0, 0.05) is 5.41 Å². The summed E-state index contributed by atoms with van der Waals surface area (Å²) in [5, 5.41) is 4.47. The lowest BCUT2D eigenvalue weighted by molar-refractivity contribution is -0.201. The van der Waals surface area contributed by atoms with Gasteiger partial charge in [0.05, 0.1) is 12.7 Å². The maximum Gasteiger partial charge on any atom is 0.465 e. The number of carbonyl (C=O) groups excluding carboxylic acids is 1. The summed E-state index contributed by atoms with van der Waals surface area (Å²) in [5.74, 6) is -1.39. The van der Waals surface area contributed by atoms with E-state index in [9.17, 15) is 27.1 Å². The smallest absolute Gasteiger partial charge is 0.460 e. The standard InChI is InChI=1S/C13H20F2O6S/c1-7(16)3-8-4-9-5-12(2,10(8)9)6-21-11(17)13(14,15)22(18,19)20/h7-10,16H,3-6H2,1-2H3,(H,18,19,20). The van der Waals surface area contributed by atoms with Crippen molar-refractivity contribution in [3.05, 3.63) is 0 Å². The lowest BCUT2D eigenvalue weighted by Crippen LogP contribution is -2.60. The first-order chi connectivity index (χ1) is 9.88. The fraction of sp³-hybridized carbons (Fsp3) is 0.923. The summed E-state index contributed by atoms with van der Waals surface area (Å²) in [5.41, 5.74) is -0.493. The van der Waals surface area contributed by atoms with Crippen molar-refractivity contribution in [2.45, 2.75) is 44.5 Å². The van der Waals surface area contributed by atoms with Gasteiger partial charge in [0.2, 0.25) is 0 Å². The third-order valence-corrected chi connectivity index (χ3v) is 5.71. The number of aliphatic hydroxyl groups is 1. The Morgan fingerprint density at radius 3 is 2.55 bits per heavy atom. The number of fused-ring (bicyclic) bond motifs is 1. The highest BCUT2D eigenvalue weighted by Gasteiger charge is 2.62. The van der Waals surface area contributed by atoms with Crippen LogP contribution < -0.4 is 0 Å². The molecular formula is C13H20F2O6S. The number of hydrogen-bond donors (Lipinski definition) is 2. The average Bonchev–Trinajstić information content (AvgIpc) is 2.31. The number of carbonyl (C=O) groups is 1. The topological polar surface area (TPSA) is 101 Å². The zero-order valence-corrected chi connectivity index (χ0v) is 13.1. The van der Waals surface area contributed by atoms with E-state index in [1.54, 1.807) is 13.8 Å². The van der Waals surface area contributed by atoms with Gasteiger partial charge in [-0.1, -0.05) is 6.92 Å². The zero-order valence-electron chi connectivity index (χ0n) is 12.3. The molecule has 0 amide bonds. The second kappa shape index (κ2) is 5.38. The number of halogens is 2. The van der Waals surface area contributed by atoms with Gasteiger partial charge in [-0.2, -0.15) is 17.2 Å².